The summed E-state index contributed by atoms with van der Waals surface area (Å²) in [5.74, 6) is 0. The first-order chi connectivity index (χ1) is 7.50. The van der Waals surface area contributed by atoms with Crippen molar-refractivity contribution in [3.63, 3.8) is 0 Å². The molecular formula is C14H24N2. The first kappa shape index (κ1) is 13.0. The van der Waals surface area contributed by atoms with E-state index in [1.54, 1.807) is 0 Å². The SMILES string of the molecule is Cc1cc(N(C)C)ccc1CCCN(C)C. The smallest absolute Gasteiger partial charge is 0.0363 e. The summed E-state index contributed by atoms with van der Waals surface area (Å²) in [6.45, 7) is 3.37. The molecule has 2 nitrogen and oxygen atoms in total. The van der Waals surface area contributed by atoms with E-state index in [-0.39, 0.29) is 0 Å². The topological polar surface area (TPSA) is 6.48 Å². The van der Waals surface area contributed by atoms with Gasteiger partial charge in [-0.2, -0.15) is 0 Å². The van der Waals surface area contributed by atoms with Crippen LogP contribution in [-0.2, 0) is 6.42 Å². The number of nitrogens with zero attached hydrogens (tertiary/aromatic N) is 2. The third-order valence-corrected chi connectivity index (χ3v) is 2.89. The van der Waals surface area contributed by atoms with Crippen molar-refractivity contribution in [3.8, 4) is 0 Å². The lowest BCUT2D eigenvalue weighted by Gasteiger charge is -2.15. The van der Waals surface area contributed by atoms with Crippen LogP contribution in [0.4, 0.5) is 5.69 Å². The van der Waals surface area contributed by atoms with E-state index in [4.69, 9.17) is 0 Å². The van der Waals surface area contributed by atoms with E-state index in [1.165, 1.54) is 29.7 Å². The van der Waals surface area contributed by atoms with Crippen molar-refractivity contribution < 1.29 is 0 Å². The van der Waals surface area contributed by atoms with Gasteiger partial charge >= 0.3 is 0 Å². The fraction of sp³-hybridized carbons (Fsp3) is 0.571. The summed E-state index contributed by atoms with van der Waals surface area (Å²) in [6, 6.07) is 6.74. The molecule has 0 fully saturated rings. The zero-order valence-corrected chi connectivity index (χ0v) is 11.2. The third-order valence-electron chi connectivity index (χ3n) is 2.89. The van der Waals surface area contributed by atoms with Crippen LogP contribution >= 0.6 is 0 Å². The van der Waals surface area contributed by atoms with Crippen LogP contribution in [0.15, 0.2) is 18.2 Å². The second kappa shape index (κ2) is 5.90. The normalized spacial score (nSPS) is 10.9. The van der Waals surface area contributed by atoms with Crippen molar-refractivity contribution >= 4 is 5.69 Å². The van der Waals surface area contributed by atoms with Crippen molar-refractivity contribution in [3.05, 3.63) is 29.3 Å². The van der Waals surface area contributed by atoms with Gasteiger partial charge in [0.05, 0.1) is 0 Å². The van der Waals surface area contributed by atoms with E-state index in [0.29, 0.717) is 0 Å². The van der Waals surface area contributed by atoms with Gasteiger partial charge in [-0.15, -0.1) is 0 Å². The van der Waals surface area contributed by atoms with Gasteiger partial charge in [0.25, 0.3) is 0 Å². The summed E-state index contributed by atoms with van der Waals surface area (Å²) in [5, 5.41) is 0. The number of rotatable bonds is 5. The van der Waals surface area contributed by atoms with Crippen LogP contribution in [0.2, 0.25) is 0 Å². The van der Waals surface area contributed by atoms with Gasteiger partial charge in [0.2, 0.25) is 0 Å². The van der Waals surface area contributed by atoms with Gasteiger partial charge in [0, 0.05) is 19.8 Å². The van der Waals surface area contributed by atoms with E-state index < -0.39 is 0 Å². The van der Waals surface area contributed by atoms with Crippen molar-refractivity contribution in [1.29, 1.82) is 0 Å². The van der Waals surface area contributed by atoms with Crippen molar-refractivity contribution in [2.75, 3.05) is 39.6 Å². The van der Waals surface area contributed by atoms with Gasteiger partial charge in [-0.05, 0) is 63.7 Å². The van der Waals surface area contributed by atoms with Gasteiger partial charge in [-0.25, -0.2) is 0 Å². The molecule has 0 aliphatic heterocycles. The highest BCUT2D eigenvalue weighted by Gasteiger charge is 2.01. The molecule has 0 N–H and O–H groups in total. The van der Waals surface area contributed by atoms with Gasteiger partial charge in [-0.3, -0.25) is 0 Å². The molecule has 0 amide bonds. The van der Waals surface area contributed by atoms with Crippen LogP contribution in [0.1, 0.15) is 17.5 Å². The predicted octanol–water partition coefficient (Wildman–Crippen LogP) is 2.56. The summed E-state index contributed by atoms with van der Waals surface area (Å²) in [5.41, 5.74) is 4.17. The largest absolute Gasteiger partial charge is 0.378 e. The summed E-state index contributed by atoms with van der Waals surface area (Å²) in [7, 11) is 8.42. The van der Waals surface area contributed by atoms with Crippen LogP contribution < -0.4 is 4.90 Å². The molecule has 0 aliphatic rings. The Balaban J connectivity index is 2.61. The lowest BCUT2D eigenvalue weighted by Crippen LogP contribution is -2.14. The zero-order valence-electron chi connectivity index (χ0n) is 11.2. The first-order valence-corrected chi connectivity index (χ1v) is 5.92. The molecule has 1 aromatic carbocycles. The molecule has 0 heterocycles. The second-order valence-electron chi connectivity index (χ2n) is 4.91. The lowest BCUT2D eigenvalue weighted by atomic mass is 10.0. The predicted molar refractivity (Wildman–Crippen MR) is 72.4 cm³/mol. The molecule has 0 atom stereocenters. The molecule has 0 unspecified atom stereocenters. The highest BCUT2D eigenvalue weighted by atomic mass is 15.1. The molecule has 1 aromatic rings. The average Bonchev–Trinajstić information content (AvgIpc) is 2.19. The van der Waals surface area contributed by atoms with E-state index in [0.717, 1.165) is 6.54 Å². The fourth-order valence-corrected chi connectivity index (χ4v) is 1.82. The molecule has 1 rings (SSSR count). The highest BCUT2D eigenvalue weighted by molar-refractivity contribution is 5.49. The van der Waals surface area contributed by atoms with Gasteiger partial charge < -0.3 is 9.80 Å². The molecule has 0 bridgehead atoms. The third kappa shape index (κ3) is 3.86. The summed E-state index contributed by atoms with van der Waals surface area (Å²) < 4.78 is 0. The molecule has 90 valence electrons. The molecule has 0 radical (unpaired) electrons. The molecular weight excluding hydrogens is 196 g/mol. The molecule has 0 saturated heterocycles. The number of hydrogen-bond donors (Lipinski definition) is 0. The zero-order chi connectivity index (χ0) is 12.1. The second-order valence-corrected chi connectivity index (χ2v) is 4.91. The molecule has 0 saturated carbocycles. The summed E-state index contributed by atoms with van der Waals surface area (Å²) in [4.78, 5) is 4.39. The monoisotopic (exact) mass is 220 g/mol. The maximum absolute atomic E-state index is 2.27. The first-order valence-electron chi connectivity index (χ1n) is 5.92. The minimum atomic E-state index is 1.16. The molecule has 2 heteroatoms. The number of benzene rings is 1. The Morgan fingerprint density at radius 1 is 1.06 bits per heavy atom. The minimum Gasteiger partial charge on any atom is -0.378 e. The van der Waals surface area contributed by atoms with Gasteiger partial charge in [0.1, 0.15) is 0 Å². The summed E-state index contributed by atoms with van der Waals surface area (Å²) >= 11 is 0. The Morgan fingerprint density at radius 2 is 1.75 bits per heavy atom. The van der Waals surface area contributed by atoms with E-state index >= 15 is 0 Å². The summed E-state index contributed by atoms with van der Waals surface area (Å²) in [6.07, 6.45) is 2.41. The molecule has 0 aromatic heterocycles. The fourth-order valence-electron chi connectivity index (χ4n) is 1.82. The standard InChI is InChI=1S/C14H24N2/c1-12-11-14(16(4)5)9-8-13(12)7-6-10-15(2)3/h8-9,11H,6-7,10H2,1-5H3. The Kier molecular flexibility index (Phi) is 4.81. The van der Waals surface area contributed by atoms with E-state index in [9.17, 15) is 0 Å². The molecule has 0 spiro atoms. The number of hydrogen-bond acceptors (Lipinski definition) is 2. The van der Waals surface area contributed by atoms with Gasteiger partial charge in [-0.1, -0.05) is 6.07 Å². The Hall–Kier alpha value is -1.02. The Morgan fingerprint density at radius 3 is 2.25 bits per heavy atom. The maximum Gasteiger partial charge on any atom is 0.0363 e. The van der Waals surface area contributed by atoms with Crippen molar-refractivity contribution in [2.24, 2.45) is 0 Å². The highest BCUT2D eigenvalue weighted by Crippen LogP contribution is 2.18. The Labute approximate surface area is 99.9 Å². The van der Waals surface area contributed by atoms with Gasteiger partial charge in [0.15, 0.2) is 0 Å². The maximum atomic E-state index is 2.27. The van der Waals surface area contributed by atoms with Crippen LogP contribution in [0.25, 0.3) is 0 Å². The average molecular weight is 220 g/mol. The van der Waals surface area contributed by atoms with E-state index in [1.807, 2.05) is 0 Å². The quantitative estimate of drug-likeness (QED) is 0.752. The number of anilines is 1. The lowest BCUT2D eigenvalue weighted by molar-refractivity contribution is 0.400. The van der Waals surface area contributed by atoms with Crippen molar-refractivity contribution in [2.45, 2.75) is 19.8 Å². The Bertz CT molecular complexity index is 330. The number of aryl methyl sites for hydroxylation is 2. The van der Waals surface area contributed by atoms with Crippen LogP contribution in [0.5, 0.6) is 0 Å². The molecule has 0 aliphatic carbocycles. The minimum absolute atomic E-state index is 1.16. The van der Waals surface area contributed by atoms with E-state index in [2.05, 4.69) is 63.1 Å². The molecule has 16 heavy (non-hydrogen) atoms. The van der Waals surface area contributed by atoms with Crippen LogP contribution in [-0.4, -0.2) is 39.6 Å². The van der Waals surface area contributed by atoms with Crippen molar-refractivity contribution in [1.82, 2.24) is 4.90 Å². The van der Waals surface area contributed by atoms with Crippen LogP contribution in [0, 0.1) is 6.92 Å². The van der Waals surface area contributed by atoms with Crippen LogP contribution in [0.3, 0.4) is 0 Å².